The molecule has 0 atom stereocenters. The first-order valence-corrected chi connectivity index (χ1v) is 9.44. The Morgan fingerprint density at radius 3 is 2.64 bits per heavy atom. The first-order chi connectivity index (χ1) is 13.7. The number of hydrogen-bond acceptors (Lipinski definition) is 7. The maximum atomic E-state index is 12.6. The highest BCUT2D eigenvalue weighted by atomic mass is 16.5. The van der Waals surface area contributed by atoms with E-state index in [1.165, 1.54) is 0 Å². The molecule has 0 spiro atoms. The highest BCUT2D eigenvalue weighted by Gasteiger charge is 2.18. The van der Waals surface area contributed by atoms with Crippen LogP contribution in [0.25, 0.3) is 10.9 Å². The Bertz CT molecular complexity index is 983. The van der Waals surface area contributed by atoms with E-state index in [0.717, 1.165) is 49.5 Å². The molecule has 146 valence electrons. The van der Waals surface area contributed by atoms with Gasteiger partial charge in [-0.05, 0) is 18.2 Å². The third-order valence-electron chi connectivity index (χ3n) is 5.10. The second kappa shape index (κ2) is 8.45. The summed E-state index contributed by atoms with van der Waals surface area (Å²) in [5, 5.41) is 0.644. The number of rotatable bonds is 6. The van der Waals surface area contributed by atoms with E-state index in [2.05, 4.69) is 24.8 Å². The summed E-state index contributed by atoms with van der Waals surface area (Å²) in [6.45, 7) is 5.68. The molecule has 3 heterocycles. The number of methoxy groups -OCH3 is 1. The van der Waals surface area contributed by atoms with Crippen LogP contribution in [0.2, 0.25) is 0 Å². The van der Waals surface area contributed by atoms with Gasteiger partial charge in [0.25, 0.3) is 5.56 Å². The summed E-state index contributed by atoms with van der Waals surface area (Å²) in [7, 11) is 1.62. The molecular weight excluding hydrogens is 356 g/mol. The van der Waals surface area contributed by atoms with Gasteiger partial charge in [0, 0.05) is 63.5 Å². The van der Waals surface area contributed by atoms with Crippen molar-refractivity contribution < 1.29 is 4.74 Å². The van der Waals surface area contributed by atoms with Crippen molar-refractivity contribution in [3.05, 3.63) is 59.2 Å². The zero-order valence-electron chi connectivity index (χ0n) is 16.0. The molecule has 3 aromatic rings. The van der Waals surface area contributed by atoms with E-state index < -0.39 is 0 Å². The molecule has 28 heavy (non-hydrogen) atoms. The lowest BCUT2D eigenvalue weighted by atomic mass is 10.2. The number of ether oxygens (including phenoxy) is 1. The average Bonchev–Trinajstić information content (AvgIpc) is 2.74. The van der Waals surface area contributed by atoms with Gasteiger partial charge >= 0.3 is 0 Å². The molecule has 1 saturated heterocycles. The van der Waals surface area contributed by atoms with Gasteiger partial charge < -0.3 is 9.64 Å². The fourth-order valence-electron chi connectivity index (χ4n) is 3.53. The van der Waals surface area contributed by atoms with Gasteiger partial charge in [0.15, 0.2) is 0 Å². The summed E-state index contributed by atoms with van der Waals surface area (Å²) in [6.07, 6.45) is 6.90. The first-order valence-electron chi connectivity index (χ1n) is 9.44. The molecule has 0 N–H and O–H groups in total. The quantitative estimate of drug-likeness (QED) is 0.635. The van der Waals surface area contributed by atoms with Crippen LogP contribution in [0, 0.1) is 0 Å². The van der Waals surface area contributed by atoms with Crippen molar-refractivity contribution in [2.75, 3.05) is 44.8 Å². The minimum atomic E-state index is -0.0245. The summed E-state index contributed by atoms with van der Waals surface area (Å²) in [4.78, 5) is 30.0. The number of piperazine rings is 1. The van der Waals surface area contributed by atoms with E-state index in [9.17, 15) is 4.79 Å². The topological polar surface area (TPSA) is 76.4 Å². The lowest BCUT2D eigenvalue weighted by Gasteiger charge is -2.36. The monoisotopic (exact) mass is 380 g/mol. The molecule has 0 aliphatic carbocycles. The molecule has 8 heteroatoms. The van der Waals surface area contributed by atoms with Crippen LogP contribution in [0.5, 0.6) is 0 Å². The Labute approximate surface area is 163 Å². The zero-order valence-corrected chi connectivity index (χ0v) is 16.0. The molecule has 0 unspecified atom stereocenters. The summed E-state index contributed by atoms with van der Waals surface area (Å²) in [5.74, 6) is 0. The van der Waals surface area contributed by atoms with E-state index in [1.807, 2.05) is 30.6 Å². The Morgan fingerprint density at radius 2 is 1.89 bits per heavy atom. The SMILES string of the molecule is COCCn1cnc2cc(N3CCN(Cc4cncnc4)CC3)ccc2c1=O. The van der Waals surface area contributed by atoms with Crippen LogP contribution in [-0.4, -0.2) is 64.3 Å². The van der Waals surface area contributed by atoms with Crippen LogP contribution in [0.1, 0.15) is 5.56 Å². The Balaban J connectivity index is 1.44. The van der Waals surface area contributed by atoms with Gasteiger partial charge in [-0.25, -0.2) is 15.0 Å². The van der Waals surface area contributed by atoms with Gasteiger partial charge in [-0.3, -0.25) is 14.3 Å². The maximum absolute atomic E-state index is 12.6. The number of benzene rings is 1. The normalized spacial score (nSPS) is 15.2. The van der Waals surface area contributed by atoms with Crippen molar-refractivity contribution in [1.29, 1.82) is 0 Å². The standard InChI is InChI=1S/C20H24N6O2/c1-28-9-8-26-15-23-19-10-17(2-3-18(19)20(26)27)25-6-4-24(5-7-25)13-16-11-21-14-22-12-16/h2-3,10-12,14-15H,4-9,13H2,1H3. The van der Waals surface area contributed by atoms with Crippen LogP contribution < -0.4 is 10.5 Å². The lowest BCUT2D eigenvalue weighted by Crippen LogP contribution is -2.46. The van der Waals surface area contributed by atoms with Crippen molar-refractivity contribution in [1.82, 2.24) is 24.4 Å². The smallest absolute Gasteiger partial charge is 0.261 e. The molecule has 1 aromatic carbocycles. The summed E-state index contributed by atoms with van der Waals surface area (Å²) in [6, 6.07) is 5.92. The molecule has 1 fully saturated rings. The number of aromatic nitrogens is 4. The number of hydrogen-bond donors (Lipinski definition) is 0. The highest BCUT2D eigenvalue weighted by molar-refractivity contribution is 5.81. The molecular formula is C20H24N6O2. The fraction of sp³-hybridized carbons (Fsp3) is 0.400. The Kier molecular flexibility index (Phi) is 5.59. The molecule has 0 saturated carbocycles. The molecule has 1 aliphatic rings. The highest BCUT2D eigenvalue weighted by Crippen LogP contribution is 2.21. The Morgan fingerprint density at radius 1 is 1.11 bits per heavy atom. The van der Waals surface area contributed by atoms with E-state index >= 15 is 0 Å². The summed E-state index contributed by atoms with van der Waals surface area (Å²) >= 11 is 0. The van der Waals surface area contributed by atoms with Gasteiger partial charge in [0.1, 0.15) is 6.33 Å². The molecule has 0 amide bonds. The fourth-order valence-corrected chi connectivity index (χ4v) is 3.53. The largest absolute Gasteiger partial charge is 0.383 e. The van der Waals surface area contributed by atoms with Crippen molar-refractivity contribution in [3.63, 3.8) is 0 Å². The lowest BCUT2D eigenvalue weighted by molar-refractivity contribution is 0.186. The predicted octanol–water partition coefficient (Wildman–Crippen LogP) is 1.16. The van der Waals surface area contributed by atoms with E-state index in [4.69, 9.17) is 4.74 Å². The minimum Gasteiger partial charge on any atom is -0.383 e. The third kappa shape index (κ3) is 4.02. The van der Waals surface area contributed by atoms with Crippen LogP contribution in [-0.2, 0) is 17.8 Å². The van der Waals surface area contributed by atoms with Crippen molar-refractivity contribution in [2.45, 2.75) is 13.1 Å². The van der Waals surface area contributed by atoms with E-state index in [1.54, 1.807) is 24.3 Å². The average molecular weight is 380 g/mol. The molecule has 2 aromatic heterocycles. The van der Waals surface area contributed by atoms with Crippen LogP contribution in [0.4, 0.5) is 5.69 Å². The minimum absolute atomic E-state index is 0.0245. The van der Waals surface area contributed by atoms with Gasteiger partial charge in [0.2, 0.25) is 0 Å². The molecule has 0 radical (unpaired) electrons. The second-order valence-corrected chi connectivity index (χ2v) is 6.95. The van der Waals surface area contributed by atoms with Crippen LogP contribution in [0.15, 0.2) is 48.0 Å². The van der Waals surface area contributed by atoms with Gasteiger partial charge in [-0.1, -0.05) is 0 Å². The van der Waals surface area contributed by atoms with Crippen molar-refractivity contribution >= 4 is 16.6 Å². The van der Waals surface area contributed by atoms with Crippen molar-refractivity contribution in [2.24, 2.45) is 0 Å². The Hall–Kier alpha value is -2.84. The third-order valence-corrected chi connectivity index (χ3v) is 5.10. The molecule has 8 nitrogen and oxygen atoms in total. The first kappa shape index (κ1) is 18.5. The van der Waals surface area contributed by atoms with Crippen LogP contribution in [0.3, 0.4) is 0 Å². The number of nitrogens with zero attached hydrogens (tertiary/aromatic N) is 6. The van der Waals surface area contributed by atoms with Gasteiger partial charge in [-0.2, -0.15) is 0 Å². The second-order valence-electron chi connectivity index (χ2n) is 6.95. The van der Waals surface area contributed by atoms with Crippen molar-refractivity contribution in [3.8, 4) is 0 Å². The van der Waals surface area contributed by atoms with Gasteiger partial charge in [-0.15, -0.1) is 0 Å². The number of fused-ring (bicyclic) bond motifs is 1. The zero-order chi connectivity index (χ0) is 19.3. The molecule has 4 rings (SSSR count). The van der Waals surface area contributed by atoms with Gasteiger partial charge in [0.05, 0.1) is 30.4 Å². The molecule has 0 bridgehead atoms. The predicted molar refractivity (Wildman–Crippen MR) is 107 cm³/mol. The van der Waals surface area contributed by atoms with Crippen LogP contribution >= 0.6 is 0 Å². The van der Waals surface area contributed by atoms with E-state index in [-0.39, 0.29) is 5.56 Å². The maximum Gasteiger partial charge on any atom is 0.261 e. The summed E-state index contributed by atoms with van der Waals surface area (Å²) in [5.41, 5.74) is 2.95. The molecule has 1 aliphatic heterocycles. The summed E-state index contributed by atoms with van der Waals surface area (Å²) < 4.78 is 6.65. The number of anilines is 1. The van der Waals surface area contributed by atoms with E-state index in [0.29, 0.717) is 18.5 Å².